The number of carbonyl (C=O) groups is 1. The van der Waals surface area contributed by atoms with Gasteiger partial charge in [0.1, 0.15) is 18.1 Å². The average molecular weight is 387 g/mol. The smallest absolute Gasteiger partial charge is 0.254 e. The molecule has 1 aliphatic heterocycles. The Labute approximate surface area is 171 Å². The summed E-state index contributed by atoms with van der Waals surface area (Å²) in [6.45, 7) is 1.99. The van der Waals surface area contributed by atoms with Crippen LogP contribution in [0.3, 0.4) is 0 Å². The average Bonchev–Trinajstić information content (AvgIpc) is 3.28. The summed E-state index contributed by atoms with van der Waals surface area (Å²) in [7, 11) is 1.67. The van der Waals surface area contributed by atoms with Gasteiger partial charge >= 0.3 is 0 Å². The second-order valence-corrected chi connectivity index (χ2v) is 7.31. The van der Waals surface area contributed by atoms with Crippen molar-refractivity contribution in [2.24, 2.45) is 0 Å². The van der Waals surface area contributed by atoms with Crippen LogP contribution in [-0.2, 0) is 6.61 Å². The van der Waals surface area contributed by atoms with E-state index in [1.165, 1.54) is 5.56 Å². The third-order valence-corrected chi connectivity index (χ3v) is 5.39. The highest BCUT2D eigenvalue weighted by molar-refractivity contribution is 5.94. The monoisotopic (exact) mass is 387 g/mol. The zero-order valence-electron chi connectivity index (χ0n) is 16.6. The van der Waals surface area contributed by atoms with Gasteiger partial charge in [-0.2, -0.15) is 0 Å². The van der Waals surface area contributed by atoms with Crippen molar-refractivity contribution in [2.75, 3.05) is 20.2 Å². The van der Waals surface area contributed by atoms with Crippen molar-refractivity contribution >= 4 is 5.91 Å². The molecule has 0 N–H and O–H groups in total. The lowest BCUT2D eigenvalue weighted by Crippen LogP contribution is -2.28. The summed E-state index contributed by atoms with van der Waals surface area (Å²) >= 11 is 0. The van der Waals surface area contributed by atoms with Gasteiger partial charge in [0.05, 0.1) is 7.11 Å². The second-order valence-electron chi connectivity index (χ2n) is 7.31. The van der Waals surface area contributed by atoms with Crippen LogP contribution in [0.25, 0.3) is 0 Å². The Hall–Kier alpha value is -3.27. The predicted octanol–water partition coefficient (Wildman–Crippen LogP) is 4.90. The first-order chi connectivity index (χ1) is 14.2. The number of benzene rings is 3. The molecule has 148 valence electrons. The lowest BCUT2D eigenvalue weighted by Gasteiger charge is -2.17. The zero-order valence-corrected chi connectivity index (χ0v) is 16.6. The summed E-state index contributed by atoms with van der Waals surface area (Å²) in [5.74, 6) is 1.99. The predicted molar refractivity (Wildman–Crippen MR) is 113 cm³/mol. The van der Waals surface area contributed by atoms with Crippen molar-refractivity contribution < 1.29 is 14.3 Å². The number of amides is 1. The van der Waals surface area contributed by atoms with E-state index in [1.807, 2.05) is 71.6 Å². The Balaban J connectivity index is 1.39. The zero-order chi connectivity index (χ0) is 20.1. The third-order valence-electron chi connectivity index (χ3n) is 5.39. The number of rotatable bonds is 6. The first-order valence-corrected chi connectivity index (χ1v) is 9.93. The fourth-order valence-corrected chi connectivity index (χ4v) is 3.74. The minimum Gasteiger partial charge on any atom is -0.497 e. The van der Waals surface area contributed by atoms with Crippen molar-refractivity contribution in [3.63, 3.8) is 0 Å². The molecule has 0 radical (unpaired) electrons. The van der Waals surface area contributed by atoms with Crippen LogP contribution in [0, 0.1) is 0 Å². The molecule has 3 aromatic carbocycles. The molecule has 0 saturated carbocycles. The summed E-state index contributed by atoms with van der Waals surface area (Å²) in [5.41, 5.74) is 3.03. The molecule has 4 rings (SSSR count). The van der Waals surface area contributed by atoms with Crippen molar-refractivity contribution in [1.29, 1.82) is 0 Å². The quantitative estimate of drug-likeness (QED) is 0.604. The van der Waals surface area contributed by atoms with Gasteiger partial charge < -0.3 is 14.4 Å². The maximum atomic E-state index is 13.0. The van der Waals surface area contributed by atoms with Gasteiger partial charge in [0, 0.05) is 24.6 Å². The number of methoxy groups -OCH3 is 1. The maximum Gasteiger partial charge on any atom is 0.254 e. The van der Waals surface area contributed by atoms with Gasteiger partial charge in [-0.3, -0.25) is 4.79 Å². The minimum atomic E-state index is 0.0613. The Morgan fingerprint density at radius 3 is 2.52 bits per heavy atom. The fourth-order valence-electron chi connectivity index (χ4n) is 3.74. The number of nitrogens with zero attached hydrogens (tertiary/aromatic N) is 1. The van der Waals surface area contributed by atoms with Crippen molar-refractivity contribution in [3.8, 4) is 11.5 Å². The Kier molecular flexibility index (Phi) is 5.80. The van der Waals surface area contributed by atoms with Crippen LogP contribution in [0.1, 0.15) is 33.8 Å². The maximum absolute atomic E-state index is 13.0. The van der Waals surface area contributed by atoms with E-state index < -0.39 is 0 Å². The lowest BCUT2D eigenvalue weighted by atomic mass is 9.98. The van der Waals surface area contributed by atoms with E-state index in [0.29, 0.717) is 23.8 Å². The van der Waals surface area contributed by atoms with Crippen LogP contribution in [0.4, 0.5) is 0 Å². The largest absolute Gasteiger partial charge is 0.497 e. The van der Waals surface area contributed by atoms with Gasteiger partial charge in [-0.05, 0) is 47.9 Å². The molecule has 0 bridgehead atoms. The van der Waals surface area contributed by atoms with Crippen molar-refractivity contribution in [1.82, 2.24) is 4.90 Å². The molecule has 1 atom stereocenters. The number of likely N-dealkylation sites (tertiary alicyclic amines) is 1. The molecular formula is C25H25NO3. The van der Waals surface area contributed by atoms with Gasteiger partial charge in [0.25, 0.3) is 5.91 Å². The molecule has 0 aliphatic carbocycles. The van der Waals surface area contributed by atoms with Crippen molar-refractivity contribution in [3.05, 3.63) is 95.6 Å². The SMILES string of the molecule is COc1ccc(C2CCN(C(=O)c3cccc(OCc4ccccc4)c3)C2)cc1. The van der Waals surface area contributed by atoms with E-state index in [2.05, 4.69) is 12.1 Å². The van der Waals surface area contributed by atoms with Gasteiger partial charge in [0.15, 0.2) is 0 Å². The van der Waals surface area contributed by atoms with Crippen LogP contribution >= 0.6 is 0 Å². The van der Waals surface area contributed by atoms with E-state index in [0.717, 1.165) is 30.8 Å². The highest BCUT2D eigenvalue weighted by atomic mass is 16.5. The van der Waals surface area contributed by atoms with Crippen LogP contribution < -0.4 is 9.47 Å². The second kappa shape index (κ2) is 8.82. The van der Waals surface area contributed by atoms with Gasteiger partial charge in [0.2, 0.25) is 0 Å². The van der Waals surface area contributed by atoms with Crippen molar-refractivity contribution in [2.45, 2.75) is 18.9 Å². The summed E-state index contributed by atoms with van der Waals surface area (Å²) in [6, 6.07) is 25.6. The van der Waals surface area contributed by atoms with E-state index >= 15 is 0 Å². The summed E-state index contributed by atoms with van der Waals surface area (Å²) < 4.78 is 11.1. The van der Waals surface area contributed by atoms with Gasteiger partial charge in [-0.15, -0.1) is 0 Å². The number of carbonyl (C=O) groups excluding carboxylic acids is 1. The summed E-state index contributed by atoms with van der Waals surface area (Å²) in [6.07, 6.45) is 0.974. The first-order valence-electron chi connectivity index (χ1n) is 9.93. The van der Waals surface area contributed by atoms with Gasteiger partial charge in [-0.1, -0.05) is 48.5 Å². The summed E-state index contributed by atoms with van der Waals surface area (Å²) in [5, 5.41) is 0. The van der Waals surface area contributed by atoms with E-state index in [9.17, 15) is 4.79 Å². The molecule has 0 spiro atoms. The van der Waals surface area contributed by atoms with E-state index in [4.69, 9.17) is 9.47 Å². The highest BCUT2D eigenvalue weighted by Crippen LogP contribution is 2.29. The van der Waals surface area contributed by atoms with Crippen LogP contribution in [-0.4, -0.2) is 31.0 Å². The molecular weight excluding hydrogens is 362 g/mol. The molecule has 29 heavy (non-hydrogen) atoms. The topological polar surface area (TPSA) is 38.8 Å². The lowest BCUT2D eigenvalue weighted by molar-refractivity contribution is 0.0790. The molecule has 1 fully saturated rings. The van der Waals surface area contributed by atoms with Gasteiger partial charge in [-0.25, -0.2) is 0 Å². The molecule has 1 heterocycles. The van der Waals surface area contributed by atoms with Crippen LogP contribution in [0.5, 0.6) is 11.5 Å². The molecule has 1 amide bonds. The Bertz CT molecular complexity index is 953. The molecule has 4 nitrogen and oxygen atoms in total. The molecule has 1 aliphatic rings. The van der Waals surface area contributed by atoms with E-state index in [1.54, 1.807) is 7.11 Å². The standard InChI is InChI=1S/C25H25NO3/c1-28-23-12-10-20(11-13-23)22-14-15-26(17-22)25(27)21-8-5-9-24(16-21)29-18-19-6-3-2-4-7-19/h2-13,16,22H,14-15,17-18H2,1H3. The highest BCUT2D eigenvalue weighted by Gasteiger charge is 2.28. The third kappa shape index (κ3) is 4.60. The number of hydrogen-bond donors (Lipinski definition) is 0. The Morgan fingerprint density at radius 2 is 1.76 bits per heavy atom. The molecule has 3 aromatic rings. The van der Waals surface area contributed by atoms with Crippen LogP contribution in [0.2, 0.25) is 0 Å². The number of ether oxygens (including phenoxy) is 2. The molecule has 4 heteroatoms. The minimum absolute atomic E-state index is 0.0613. The molecule has 1 unspecified atom stereocenters. The summed E-state index contributed by atoms with van der Waals surface area (Å²) in [4.78, 5) is 14.9. The van der Waals surface area contributed by atoms with Crippen LogP contribution in [0.15, 0.2) is 78.9 Å². The normalized spacial score (nSPS) is 15.9. The first kappa shape index (κ1) is 19.1. The fraction of sp³-hybridized carbons (Fsp3) is 0.240. The Morgan fingerprint density at radius 1 is 0.966 bits per heavy atom. The van der Waals surface area contributed by atoms with E-state index in [-0.39, 0.29) is 5.91 Å². The molecule has 0 aromatic heterocycles. The number of hydrogen-bond acceptors (Lipinski definition) is 3. The molecule has 1 saturated heterocycles.